The number of phenols is 1. The maximum atomic E-state index is 12.5. The Kier molecular flexibility index (Phi) is 7.79. The highest BCUT2D eigenvalue weighted by atomic mass is 79.9. The van der Waals surface area contributed by atoms with Crippen LogP contribution in [0, 0.1) is 6.92 Å². The Morgan fingerprint density at radius 3 is 2.63 bits per heavy atom. The molecule has 0 aliphatic rings. The summed E-state index contributed by atoms with van der Waals surface area (Å²) in [6, 6.07) is 18.6. The number of anilines is 2. The molecular formula is C26H23BrN4O3S. The molecule has 4 aromatic rings. The van der Waals surface area contributed by atoms with Crippen LogP contribution in [0.1, 0.15) is 28.4 Å². The number of hydrazone groups is 1. The number of nitrogens with one attached hydrogen (secondary N) is 2. The molecule has 1 amide bonds. The van der Waals surface area contributed by atoms with Crippen LogP contribution in [0.2, 0.25) is 0 Å². The number of carbonyl (C=O) groups excluding carboxylic acids is 1. The van der Waals surface area contributed by atoms with Crippen LogP contribution in [0.4, 0.5) is 10.8 Å². The monoisotopic (exact) mass is 550 g/mol. The second-order valence-electron chi connectivity index (χ2n) is 7.59. The van der Waals surface area contributed by atoms with Gasteiger partial charge in [0.1, 0.15) is 0 Å². The van der Waals surface area contributed by atoms with Crippen molar-refractivity contribution in [2.45, 2.75) is 13.8 Å². The van der Waals surface area contributed by atoms with E-state index in [9.17, 15) is 9.90 Å². The second kappa shape index (κ2) is 11.2. The van der Waals surface area contributed by atoms with Crippen LogP contribution in [0.25, 0.3) is 11.3 Å². The summed E-state index contributed by atoms with van der Waals surface area (Å²) in [4.78, 5) is 17.1. The normalized spacial score (nSPS) is 10.9. The van der Waals surface area contributed by atoms with Crippen molar-refractivity contribution < 1.29 is 14.6 Å². The maximum Gasteiger partial charge on any atom is 0.271 e. The predicted octanol–water partition coefficient (Wildman–Crippen LogP) is 6.49. The number of benzene rings is 3. The molecule has 0 saturated carbocycles. The first-order valence-corrected chi connectivity index (χ1v) is 12.5. The molecule has 3 aromatic carbocycles. The third kappa shape index (κ3) is 6.26. The summed E-state index contributed by atoms with van der Waals surface area (Å²) in [5, 5.41) is 20.1. The molecule has 1 aromatic heterocycles. The summed E-state index contributed by atoms with van der Waals surface area (Å²) in [5.74, 6) is 0.0199. The van der Waals surface area contributed by atoms with Gasteiger partial charge in [0.15, 0.2) is 16.6 Å². The highest BCUT2D eigenvalue weighted by Gasteiger charge is 2.10. The SMILES string of the molecule is CCOc1cc(/C=N\NC(=O)c2ccc(-c3csc(Nc4ccc(C)cc4)n3)cc2)cc(Br)c1O. The minimum atomic E-state index is -0.337. The lowest BCUT2D eigenvalue weighted by molar-refractivity contribution is 0.0955. The standard InChI is InChI=1S/C26H23BrN4O3S/c1-3-34-23-13-17(12-21(27)24(23)32)14-28-31-25(33)19-8-6-18(7-9-19)22-15-35-26(30-22)29-20-10-4-16(2)5-11-20/h4-15,32H,3H2,1-2H3,(H,29,30)(H,31,33)/b28-14-. The van der Waals surface area contributed by atoms with Crippen molar-refractivity contribution in [3.63, 3.8) is 0 Å². The van der Waals surface area contributed by atoms with Gasteiger partial charge in [-0.25, -0.2) is 10.4 Å². The predicted molar refractivity (Wildman–Crippen MR) is 144 cm³/mol. The van der Waals surface area contributed by atoms with E-state index in [1.165, 1.54) is 23.1 Å². The van der Waals surface area contributed by atoms with Crippen molar-refractivity contribution in [3.05, 3.63) is 87.2 Å². The molecule has 0 bridgehead atoms. The van der Waals surface area contributed by atoms with Crippen LogP contribution >= 0.6 is 27.3 Å². The largest absolute Gasteiger partial charge is 0.503 e. The highest BCUT2D eigenvalue weighted by Crippen LogP contribution is 2.35. The number of nitrogens with zero attached hydrogens (tertiary/aromatic N) is 2. The van der Waals surface area contributed by atoms with Gasteiger partial charge in [0, 0.05) is 22.2 Å². The molecule has 0 spiro atoms. The number of ether oxygens (including phenoxy) is 1. The van der Waals surface area contributed by atoms with Crippen molar-refractivity contribution in [1.29, 1.82) is 0 Å². The number of rotatable bonds is 8. The number of aromatic nitrogens is 1. The van der Waals surface area contributed by atoms with E-state index in [1.54, 1.807) is 24.3 Å². The van der Waals surface area contributed by atoms with Gasteiger partial charge in [-0.2, -0.15) is 5.10 Å². The molecule has 0 radical (unpaired) electrons. The van der Waals surface area contributed by atoms with Crippen LogP contribution < -0.4 is 15.5 Å². The van der Waals surface area contributed by atoms with E-state index in [4.69, 9.17) is 4.74 Å². The van der Waals surface area contributed by atoms with Gasteiger partial charge in [0.2, 0.25) is 0 Å². The number of thiazole rings is 1. The summed E-state index contributed by atoms with van der Waals surface area (Å²) in [7, 11) is 0. The van der Waals surface area contributed by atoms with Gasteiger partial charge in [0.25, 0.3) is 5.91 Å². The average Bonchev–Trinajstić information content (AvgIpc) is 3.32. The number of hydrogen-bond donors (Lipinski definition) is 3. The van der Waals surface area contributed by atoms with Gasteiger partial charge in [0.05, 0.1) is 23.0 Å². The summed E-state index contributed by atoms with van der Waals surface area (Å²) in [5.41, 5.74) is 7.58. The first kappa shape index (κ1) is 24.4. The minimum absolute atomic E-state index is 0.0197. The van der Waals surface area contributed by atoms with Gasteiger partial charge >= 0.3 is 0 Å². The molecule has 0 atom stereocenters. The van der Waals surface area contributed by atoms with Crippen molar-refractivity contribution >= 4 is 50.2 Å². The molecule has 1 heterocycles. The Bertz CT molecular complexity index is 1350. The number of phenolic OH excluding ortho intramolecular Hbond substituents is 1. The Balaban J connectivity index is 1.38. The van der Waals surface area contributed by atoms with Crippen LogP contribution in [-0.4, -0.2) is 28.8 Å². The number of amides is 1. The molecule has 9 heteroatoms. The number of hydrogen-bond acceptors (Lipinski definition) is 7. The minimum Gasteiger partial charge on any atom is -0.503 e. The van der Waals surface area contributed by atoms with E-state index in [2.05, 4.69) is 43.7 Å². The Morgan fingerprint density at radius 1 is 1.17 bits per heavy atom. The molecule has 0 unspecified atom stereocenters. The number of aryl methyl sites for hydroxylation is 1. The van der Waals surface area contributed by atoms with Gasteiger partial charge in [-0.15, -0.1) is 11.3 Å². The van der Waals surface area contributed by atoms with E-state index >= 15 is 0 Å². The molecule has 0 aliphatic carbocycles. The van der Waals surface area contributed by atoms with Gasteiger partial charge in [-0.3, -0.25) is 4.79 Å². The molecule has 3 N–H and O–H groups in total. The van der Waals surface area contributed by atoms with E-state index < -0.39 is 0 Å². The fraction of sp³-hybridized carbons (Fsp3) is 0.115. The van der Waals surface area contributed by atoms with Crippen molar-refractivity contribution in [3.8, 4) is 22.8 Å². The van der Waals surface area contributed by atoms with Gasteiger partial charge in [-0.05, 0) is 71.7 Å². The third-order valence-corrected chi connectivity index (χ3v) is 6.34. The van der Waals surface area contributed by atoms with Crippen LogP contribution in [0.3, 0.4) is 0 Å². The lowest BCUT2D eigenvalue weighted by Crippen LogP contribution is -2.17. The molecule has 0 fully saturated rings. The Labute approximate surface area is 215 Å². The first-order valence-electron chi connectivity index (χ1n) is 10.8. The van der Waals surface area contributed by atoms with Crippen LogP contribution in [0.15, 0.2) is 75.6 Å². The molecule has 4 rings (SSSR count). The van der Waals surface area contributed by atoms with E-state index in [-0.39, 0.29) is 11.7 Å². The molecule has 7 nitrogen and oxygen atoms in total. The Hall–Kier alpha value is -3.69. The maximum absolute atomic E-state index is 12.5. The molecule has 0 saturated heterocycles. The highest BCUT2D eigenvalue weighted by molar-refractivity contribution is 9.10. The van der Waals surface area contributed by atoms with E-state index in [0.29, 0.717) is 28.0 Å². The van der Waals surface area contributed by atoms with Crippen LogP contribution in [-0.2, 0) is 0 Å². The number of carbonyl (C=O) groups is 1. The Morgan fingerprint density at radius 2 is 1.91 bits per heavy atom. The lowest BCUT2D eigenvalue weighted by atomic mass is 10.1. The van der Waals surface area contributed by atoms with Gasteiger partial charge < -0.3 is 15.2 Å². The van der Waals surface area contributed by atoms with E-state index in [0.717, 1.165) is 22.1 Å². The zero-order valence-electron chi connectivity index (χ0n) is 19.1. The lowest BCUT2D eigenvalue weighted by Gasteiger charge is -2.08. The molecule has 35 heavy (non-hydrogen) atoms. The smallest absolute Gasteiger partial charge is 0.271 e. The fourth-order valence-electron chi connectivity index (χ4n) is 3.18. The van der Waals surface area contributed by atoms with E-state index in [1.807, 2.05) is 48.7 Å². The zero-order chi connectivity index (χ0) is 24.8. The van der Waals surface area contributed by atoms with Gasteiger partial charge in [-0.1, -0.05) is 29.8 Å². The second-order valence-corrected chi connectivity index (χ2v) is 9.30. The van der Waals surface area contributed by atoms with Crippen molar-refractivity contribution in [2.75, 3.05) is 11.9 Å². The number of aromatic hydroxyl groups is 1. The summed E-state index contributed by atoms with van der Waals surface area (Å²) in [6.07, 6.45) is 1.48. The number of halogens is 1. The summed E-state index contributed by atoms with van der Waals surface area (Å²) >= 11 is 4.80. The van der Waals surface area contributed by atoms with Crippen LogP contribution in [0.5, 0.6) is 11.5 Å². The van der Waals surface area contributed by atoms with Crippen molar-refractivity contribution in [1.82, 2.24) is 10.4 Å². The fourth-order valence-corrected chi connectivity index (χ4v) is 4.38. The summed E-state index contributed by atoms with van der Waals surface area (Å²) < 4.78 is 5.88. The third-order valence-electron chi connectivity index (χ3n) is 4.98. The van der Waals surface area contributed by atoms with Crippen molar-refractivity contribution in [2.24, 2.45) is 5.10 Å². The topological polar surface area (TPSA) is 95.8 Å². The zero-order valence-corrected chi connectivity index (χ0v) is 21.5. The average molecular weight is 551 g/mol. The molecule has 0 aliphatic heterocycles. The quantitative estimate of drug-likeness (QED) is 0.172. The summed E-state index contributed by atoms with van der Waals surface area (Å²) in [6.45, 7) is 4.29. The first-order chi connectivity index (χ1) is 16.9. The molecular weight excluding hydrogens is 528 g/mol. The molecule has 178 valence electrons.